The van der Waals surface area contributed by atoms with Crippen molar-refractivity contribution in [3.8, 4) is 0 Å². The van der Waals surface area contributed by atoms with Crippen LogP contribution in [0.2, 0.25) is 0 Å². The molecule has 1 aromatic rings. The summed E-state index contributed by atoms with van der Waals surface area (Å²) in [6.45, 7) is 9.32. The molecule has 2 N–H and O–H groups in total. The molecule has 0 bridgehead atoms. The van der Waals surface area contributed by atoms with E-state index in [1.54, 1.807) is 0 Å². The molecule has 5 nitrogen and oxygen atoms in total. The number of amides is 1. The molecule has 0 radical (unpaired) electrons. The maximum absolute atomic E-state index is 12.1. The van der Waals surface area contributed by atoms with Crippen molar-refractivity contribution in [1.29, 1.82) is 0 Å². The maximum atomic E-state index is 12.1. The second kappa shape index (κ2) is 13.8. The van der Waals surface area contributed by atoms with Crippen molar-refractivity contribution in [3.63, 3.8) is 0 Å². The monoisotopic (exact) mass is 500 g/mol. The molecule has 6 heteroatoms. The molecule has 0 spiro atoms. The molecule has 158 valence electrons. The van der Waals surface area contributed by atoms with Crippen LogP contribution in [0.5, 0.6) is 0 Å². The van der Waals surface area contributed by atoms with Gasteiger partial charge in [0.2, 0.25) is 5.91 Å². The molecule has 1 heterocycles. The Morgan fingerprint density at radius 1 is 1.21 bits per heavy atom. The summed E-state index contributed by atoms with van der Waals surface area (Å²) in [4.78, 5) is 18.8. The van der Waals surface area contributed by atoms with E-state index >= 15 is 0 Å². The molecular formula is C22H37IN4O. The molecular weight excluding hydrogens is 463 g/mol. The fraction of sp³-hybridized carbons (Fsp3) is 0.636. The van der Waals surface area contributed by atoms with Crippen LogP contribution in [0, 0.1) is 5.92 Å². The number of nitrogens with one attached hydrogen (secondary N) is 2. The highest BCUT2D eigenvalue weighted by atomic mass is 127. The Hall–Kier alpha value is -1.31. The number of carbonyl (C=O) groups is 1. The molecule has 1 unspecified atom stereocenters. The fourth-order valence-corrected chi connectivity index (χ4v) is 3.41. The largest absolute Gasteiger partial charge is 0.357 e. The van der Waals surface area contributed by atoms with Crippen molar-refractivity contribution in [2.45, 2.75) is 58.9 Å². The quantitative estimate of drug-likeness (QED) is 0.235. The number of benzene rings is 1. The van der Waals surface area contributed by atoms with Gasteiger partial charge in [-0.1, -0.05) is 50.6 Å². The molecule has 1 fully saturated rings. The van der Waals surface area contributed by atoms with E-state index in [9.17, 15) is 4.79 Å². The van der Waals surface area contributed by atoms with Gasteiger partial charge in [-0.3, -0.25) is 9.79 Å². The SMILES string of the molecule is CCNC(=NCCCCCc1ccccc1)NC1CCN(C(=O)C(C)C)C1.I. The van der Waals surface area contributed by atoms with Crippen LogP contribution >= 0.6 is 24.0 Å². The highest BCUT2D eigenvalue weighted by Gasteiger charge is 2.27. The zero-order chi connectivity index (χ0) is 19.5. The van der Waals surface area contributed by atoms with Gasteiger partial charge in [0.15, 0.2) is 5.96 Å². The van der Waals surface area contributed by atoms with Gasteiger partial charge in [-0.25, -0.2) is 0 Å². The molecule has 0 aromatic heterocycles. The number of unbranched alkanes of at least 4 members (excludes halogenated alkanes) is 2. The van der Waals surface area contributed by atoms with E-state index in [1.165, 1.54) is 18.4 Å². The van der Waals surface area contributed by atoms with Gasteiger partial charge in [-0.2, -0.15) is 0 Å². The Bertz CT molecular complexity index is 591. The van der Waals surface area contributed by atoms with Crippen LogP contribution in [0.1, 0.15) is 52.0 Å². The van der Waals surface area contributed by atoms with Crippen molar-refractivity contribution >= 4 is 35.8 Å². The van der Waals surface area contributed by atoms with Crippen LogP contribution in [0.3, 0.4) is 0 Å². The van der Waals surface area contributed by atoms with E-state index < -0.39 is 0 Å². The summed E-state index contributed by atoms with van der Waals surface area (Å²) in [5.74, 6) is 1.20. The lowest BCUT2D eigenvalue weighted by Crippen LogP contribution is -2.45. The van der Waals surface area contributed by atoms with Gasteiger partial charge in [0.1, 0.15) is 0 Å². The predicted octanol–water partition coefficient (Wildman–Crippen LogP) is 3.83. The van der Waals surface area contributed by atoms with Gasteiger partial charge in [0.05, 0.1) is 0 Å². The van der Waals surface area contributed by atoms with Crippen LogP contribution in [-0.2, 0) is 11.2 Å². The highest BCUT2D eigenvalue weighted by Crippen LogP contribution is 2.12. The first-order chi connectivity index (χ1) is 13.1. The second-order valence-corrected chi connectivity index (χ2v) is 7.63. The maximum Gasteiger partial charge on any atom is 0.225 e. The summed E-state index contributed by atoms with van der Waals surface area (Å²) in [6.07, 6.45) is 5.63. The summed E-state index contributed by atoms with van der Waals surface area (Å²) >= 11 is 0. The molecule has 1 aliphatic rings. The molecule has 1 saturated heterocycles. The third-order valence-corrected chi connectivity index (χ3v) is 4.92. The normalized spacial score (nSPS) is 16.8. The first-order valence-electron chi connectivity index (χ1n) is 10.5. The molecule has 0 aliphatic carbocycles. The van der Waals surface area contributed by atoms with Crippen molar-refractivity contribution in [3.05, 3.63) is 35.9 Å². The fourth-order valence-electron chi connectivity index (χ4n) is 3.41. The summed E-state index contributed by atoms with van der Waals surface area (Å²) in [5, 5.41) is 6.83. The van der Waals surface area contributed by atoms with Crippen molar-refractivity contribution < 1.29 is 4.79 Å². The average molecular weight is 500 g/mol. The number of hydrogen-bond donors (Lipinski definition) is 2. The Labute approximate surface area is 187 Å². The minimum absolute atomic E-state index is 0. The lowest BCUT2D eigenvalue weighted by Gasteiger charge is -2.20. The number of nitrogens with zero attached hydrogens (tertiary/aromatic N) is 2. The first-order valence-corrected chi connectivity index (χ1v) is 10.5. The van der Waals surface area contributed by atoms with Crippen molar-refractivity contribution in [2.75, 3.05) is 26.2 Å². The lowest BCUT2D eigenvalue weighted by molar-refractivity contribution is -0.133. The zero-order valence-electron chi connectivity index (χ0n) is 17.6. The number of rotatable bonds is 9. The van der Waals surface area contributed by atoms with Gasteiger partial charge in [0.25, 0.3) is 0 Å². The van der Waals surface area contributed by atoms with Crippen LogP contribution in [0.15, 0.2) is 35.3 Å². The van der Waals surface area contributed by atoms with E-state index in [0.29, 0.717) is 6.04 Å². The molecule has 2 rings (SSSR count). The number of likely N-dealkylation sites (tertiary alicyclic amines) is 1. The van der Waals surface area contributed by atoms with Crippen LogP contribution in [-0.4, -0.2) is 49.0 Å². The van der Waals surface area contributed by atoms with Gasteiger partial charge in [-0.05, 0) is 38.2 Å². The summed E-state index contributed by atoms with van der Waals surface area (Å²) in [6, 6.07) is 11.0. The summed E-state index contributed by atoms with van der Waals surface area (Å²) < 4.78 is 0. The summed E-state index contributed by atoms with van der Waals surface area (Å²) in [5.41, 5.74) is 1.41. The first kappa shape index (κ1) is 24.7. The Balaban J connectivity index is 0.00000392. The zero-order valence-corrected chi connectivity index (χ0v) is 19.9. The number of carbonyl (C=O) groups excluding carboxylic acids is 1. The lowest BCUT2D eigenvalue weighted by atomic mass is 10.1. The smallest absolute Gasteiger partial charge is 0.225 e. The third kappa shape index (κ3) is 8.80. The van der Waals surface area contributed by atoms with Crippen molar-refractivity contribution in [1.82, 2.24) is 15.5 Å². The summed E-state index contributed by atoms with van der Waals surface area (Å²) in [7, 11) is 0. The van der Waals surface area contributed by atoms with Gasteiger partial charge >= 0.3 is 0 Å². The average Bonchev–Trinajstić information content (AvgIpc) is 3.13. The van der Waals surface area contributed by atoms with Crippen LogP contribution in [0.4, 0.5) is 0 Å². The molecule has 1 atom stereocenters. The number of halogens is 1. The van der Waals surface area contributed by atoms with Gasteiger partial charge in [-0.15, -0.1) is 24.0 Å². The van der Waals surface area contributed by atoms with E-state index in [-0.39, 0.29) is 35.8 Å². The minimum Gasteiger partial charge on any atom is -0.357 e. The number of aliphatic imine (C=N–C) groups is 1. The molecule has 0 saturated carbocycles. The number of guanidine groups is 1. The van der Waals surface area contributed by atoms with Crippen LogP contribution in [0.25, 0.3) is 0 Å². The Kier molecular flexibility index (Phi) is 12.2. The third-order valence-electron chi connectivity index (χ3n) is 4.92. The van der Waals surface area contributed by atoms with E-state index in [0.717, 1.165) is 51.4 Å². The van der Waals surface area contributed by atoms with Crippen LogP contribution < -0.4 is 10.6 Å². The van der Waals surface area contributed by atoms with Crippen molar-refractivity contribution in [2.24, 2.45) is 10.9 Å². The molecule has 1 aliphatic heterocycles. The highest BCUT2D eigenvalue weighted by molar-refractivity contribution is 14.0. The van der Waals surface area contributed by atoms with Gasteiger partial charge < -0.3 is 15.5 Å². The Morgan fingerprint density at radius 2 is 1.96 bits per heavy atom. The minimum atomic E-state index is 0. The number of aryl methyl sites for hydroxylation is 1. The standard InChI is InChI=1S/C22H36N4O.HI/c1-4-23-22(25-20-14-16-26(17-20)21(27)18(2)3)24-15-10-6-9-13-19-11-7-5-8-12-19;/h5,7-8,11-12,18,20H,4,6,9-10,13-17H2,1-3H3,(H2,23,24,25);1H. The second-order valence-electron chi connectivity index (χ2n) is 7.63. The van der Waals surface area contributed by atoms with E-state index in [4.69, 9.17) is 4.99 Å². The number of hydrogen-bond acceptors (Lipinski definition) is 2. The Morgan fingerprint density at radius 3 is 2.64 bits per heavy atom. The molecule has 1 amide bonds. The predicted molar refractivity (Wildman–Crippen MR) is 128 cm³/mol. The van der Waals surface area contributed by atoms with E-state index in [1.807, 2.05) is 18.7 Å². The molecule has 1 aromatic carbocycles. The molecule has 28 heavy (non-hydrogen) atoms. The van der Waals surface area contributed by atoms with Gasteiger partial charge in [0, 0.05) is 38.1 Å². The topological polar surface area (TPSA) is 56.7 Å². The van der Waals surface area contributed by atoms with E-state index in [2.05, 4.69) is 47.9 Å².